The van der Waals surface area contributed by atoms with E-state index in [2.05, 4.69) is 158 Å². The van der Waals surface area contributed by atoms with Crippen LogP contribution in [-0.4, -0.2) is 0 Å². The summed E-state index contributed by atoms with van der Waals surface area (Å²) >= 11 is 0. The van der Waals surface area contributed by atoms with Gasteiger partial charge in [0.15, 0.2) is 0 Å². The Kier molecular flexibility index (Phi) is 5.57. The summed E-state index contributed by atoms with van der Waals surface area (Å²) in [4.78, 5) is 0. The monoisotopic (exact) mass is 482 g/mol. The Morgan fingerprint density at radius 1 is 0.289 bits per heavy atom. The minimum absolute atomic E-state index is 1.20. The molecule has 0 unspecified atom stereocenters. The molecule has 0 saturated carbocycles. The topological polar surface area (TPSA) is 0 Å². The molecular formula is C38H26. The predicted octanol–water partition coefficient (Wildman–Crippen LogP) is 10.6. The van der Waals surface area contributed by atoms with Crippen LogP contribution in [0.4, 0.5) is 0 Å². The number of hydrogen-bond acceptors (Lipinski definition) is 0. The first kappa shape index (κ1) is 22.3. The van der Waals surface area contributed by atoms with Crippen LogP contribution in [0.25, 0.3) is 67.4 Å². The molecule has 0 N–H and O–H groups in total. The van der Waals surface area contributed by atoms with E-state index >= 15 is 0 Å². The SMILES string of the molecule is C(=C\c1c2ccccc2cc2ccccc12)/c1ccccc1/C=C/c1c2ccccc2cc2ccccc12. The maximum absolute atomic E-state index is 2.28. The van der Waals surface area contributed by atoms with Gasteiger partial charge in [-0.15, -0.1) is 0 Å². The molecular weight excluding hydrogens is 456 g/mol. The van der Waals surface area contributed by atoms with Gasteiger partial charge in [0.05, 0.1) is 0 Å². The molecule has 0 heterocycles. The molecule has 0 atom stereocenters. The van der Waals surface area contributed by atoms with Crippen molar-refractivity contribution in [1.82, 2.24) is 0 Å². The van der Waals surface area contributed by atoms with Crippen LogP contribution in [0.15, 0.2) is 133 Å². The highest BCUT2D eigenvalue weighted by Crippen LogP contribution is 2.32. The average molecular weight is 483 g/mol. The summed E-state index contributed by atoms with van der Waals surface area (Å²) < 4.78 is 0. The van der Waals surface area contributed by atoms with Crippen LogP contribution in [0, 0.1) is 0 Å². The Morgan fingerprint density at radius 2 is 0.579 bits per heavy atom. The number of benzene rings is 7. The third-order valence-electron chi connectivity index (χ3n) is 7.48. The summed E-state index contributed by atoms with van der Waals surface area (Å²) in [5, 5.41) is 10.2. The van der Waals surface area contributed by atoms with Crippen molar-refractivity contribution < 1.29 is 0 Å². The summed E-state index contributed by atoms with van der Waals surface area (Å²) in [6.45, 7) is 0. The highest BCUT2D eigenvalue weighted by Gasteiger charge is 2.07. The summed E-state index contributed by atoms with van der Waals surface area (Å²) in [5.74, 6) is 0. The van der Waals surface area contributed by atoms with Gasteiger partial charge in [-0.25, -0.2) is 0 Å². The molecule has 7 rings (SSSR count). The van der Waals surface area contributed by atoms with Gasteiger partial charge in [-0.05, 0) is 77.5 Å². The minimum atomic E-state index is 1.20. The summed E-state index contributed by atoms with van der Waals surface area (Å²) in [6, 6.07) is 47.8. The molecule has 0 saturated heterocycles. The van der Waals surface area contributed by atoms with Gasteiger partial charge in [-0.3, -0.25) is 0 Å². The van der Waals surface area contributed by atoms with Crippen LogP contribution in [-0.2, 0) is 0 Å². The van der Waals surface area contributed by atoms with Gasteiger partial charge in [0.1, 0.15) is 0 Å². The normalized spacial score (nSPS) is 12.0. The second kappa shape index (κ2) is 9.50. The first-order valence-electron chi connectivity index (χ1n) is 13.1. The zero-order valence-corrected chi connectivity index (χ0v) is 21.0. The molecule has 0 heteroatoms. The Morgan fingerprint density at radius 3 is 0.921 bits per heavy atom. The standard InChI is InChI=1S/C38H26/c1-2-12-28(22-24-38-35-19-9-5-15-31(35)26-32-16-6-10-20-36(32)38)27(11-1)21-23-37-33-17-7-3-13-29(33)25-30-14-4-8-18-34(30)37/h1-26H/b23-21+,24-22+. The van der Waals surface area contributed by atoms with Crippen LogP contribution < -0.4 is 0 Å². The lowest BCUT2D eigenvalue weighted by Crippen LogP contribution is -1.85. The van der Waals surface area contributed by atoms with Gasteiger partial charge < -0.3 is 0 Å². The van der Waals surface area contributed by atoms with Crippen molar-refractivity contribution in [2.45, 2.75) is 0 Å². The van der Waals surface area contributed by atoms with Crippen LogP contribution in [0.2, 0.25) is 0 Å². The Bertz CT molecular complexity index is 1760. The van der Waals surface area contributed by atoms with Gasteiger partial charge in [0, 0.05) is 0 Å². The van der Waals surface area contributed by atoms with Gasteiger partial charge >= 0.3 is 0 Å². The summed E-state index contributed by atoms with van der Waals surface area (Å²) in [7, 11) is 0. The zero-order chi connectivity index (χ0) is 25.3. The van der Waals surface area contributed by atoms with Gasteiger partial charge in [-0.2, -0.15) is 0 Å². The van der Waals surface area contributed by atoms with Crippen molar-refractivity contribution in [1.29, 1.82) is 0 Å². The number of hydrogen-bond donors (Lipinski definition) is 0. The lowest BCUT2D eigenvalue weighted by Gasteiger charge is -2.09. The molecule has 0 fully saturated rings. The van der Waals surface area contributed by atoms with Gasteiger partial charge in [0.2, 0.25) is 0 Å². The molecule has 38 heavy (non-hydrogen) atoms. The van der Waals surface area contributed by atoms with Gasteiger partial charge in [0.25, 0.3) is 0 Å². The fraction of sp³-hybridized carbons (Fsp3) is 0. The fourth-order valence-electron chi connectivity index (χ4n) is 5.62. The van der Waals surface area contributed by atoms with E-state index in [4.69, 9.17) is 0 Å². The van der Waals surface area contributed by atoms with Crippen LogP contribution in [0.5, 0.6) is 0 Å². The molecule has 0 aromatic heterocycles. The smallest absolute Gasteiger partial charge is 0.00992 e. The largest absolute Gasteiger partial charge is 0.0616 e. The first-order chi connectivity index (χ1) is 18.8. The first-order valence-corrected chi connectivity index (χ1v) is 13.1. The Labute approximate surface area is 222 Å². The number of fused-ring (bicyclic) bond motifs is 4. The molecule has 7 aromatic rings. The zero-order valence-electron chi connectivity index (χ0n) is 21.0. The maximum Gasteiger partial charge on any atom is -0.00992 e. The third kappa shape index (κ3) is 3.97. The third-order valence-corrected chi connectivity index (χ3v) is 7.48. The predicted molar refractivity (Wildman–Crippen MR) is 167 cm³/mol. The molecule has 0 spiro atoms. The van der Waals surface area contributed by atoms with Crippen LogP contribution in [0.3, 0.4) is 0 Å². The van der Waals surface area contributed by atoms with Crippen LogP contribution >= 0.6 is 0 Å². The number of rotatable bonds is 4. The van der Waals surface area contributed by atoms with E-state index in [0.29, 0.717) is 0 Å². The Hall–Kier alpha value is -4.94. The molecule has 0 aliphatic carbocycles. The van der Waals surface area contributed by atoms with Crippen LogP contribution in [0.1, 0.15) is 22.3 Å². The highest BCUT2D eigenvalue weighted by atomic mass is 14.1. The molecule has 0 bridgehead atoms. The average Bonchev–Trinajstić information content (AvgIpc) is 2.98. The maximum atomic E-state index is 2.28. The van der Waals surface area contributed by atoms with E-state index in [1.165, 1.54) is 65.3 Å². The molecule has 178 valence electrons. The van der Waals surface area contributed by atoms with Crippen molar-refractivity contribution in [2.24, 2.45) is 0 Å². The van der Waals surface area contributed by atoms with E-state index in [0.717, 1.165) is 0 Å². The van der Waals surface area contributed by atoms with E-state index in [1.54, 1.807) is 0 Å². The summed E-state index contributed by atoms with van der Waals surface area (Å²) in [6.07, 6.45) is 9.08. The van der Waals surface area contributed by atoms with Crippen molar-refractivity contribution in [3.8, 4) is 0 Å². The minimum Gasteiger partial charge on any atom is -0.0616 e. The molecule has 0 nitrogen and oxygen atoms in total. The van der Waals surface area contributed by atoms with Crippen molar-refractivity contribution in [3.05, 3.63) is 156 Å². The molecule has 0 amide bonds. The second-order valence-electron chi connectivity index (χ2n) is 9.76. The van der Waals surface area contributed by atoms with Crippen molar-refractivity contribution >= 4 is 67.4 Å². The highest BCUT2D eigenvalue weighted by molar-refractivity contribution is 6.09. The molecule has 7 aromatic carbocycles. The second-order valence-corrected chi connectivity index (χ2v) is 9.76. The summed E-state index contributed by atoms with van der Waals surface area (Å²) in [5.41, 5.74) is 4.92. The quantitative estimate of drug-likeness (QED) is 0.173. The van der Waals surface area contributed by atoms with Crippen molar-refractivity contribution in [3.63, 3.8) is 0 Å². The fourth-order valence-corrected chi connectivity index (χ4v) is 5.62. The van der Waals surface area contributed by atoms with E-state index in [9.17, 15) is 0 Å². The Balaban J connectivity index is 1.35. The molecule has 0 radical (unpaired) electrons. The lowest BCUT2D eigenvalue weighted by molar-refractivity contribution is 1.62. The molecule has 0 aliphatic heterocycles. The van der Waals surface area contributed by atoms with E-state index in [-0.39, 0.29) is 0 Å². The molecule has 0 aliphatic rings. The lowest BCUT2D eigenvalue weighted by atomic mass is 9.94. The van der Waals surface area contributed by atoms with E-state index in [1.807, 2.05) is 0 Å². The van der Waals surface area contributed by atoms with E-state index < -0.39 is 0 Å². The van der Waals surface area contributed by atoms with Gasteiger partial charge in [-0.1, -0.05) is 146 Å². The van der Waals surface area contributed by atoms with Crippen molar-refractivity contribution in [2.75, 3.05) is 0 Å².